The van der Waals surface area contributed by atoms with Gasteiger partial charge in [-0.2, -0.15) is 0 Å². The summed E-state index contributed by atoms with van der Waals surface area (Å²) in [6.07, 6.45) is 0. The fraction of sp³-hybridized carbons (Fsp3) is 0.750. The van der Waals surface area contributed by atoms with Gasteiger partial charge in [0.25, 0.3) is 0 Å². The van der Waals surface area contributed by atoms with Gasteiger partial charge in [-0.15, -0.1) is 0 Å². The van der Waals surface area contributed by atoms with E-state index in [9.17, 15) is 4.79 Å². The van der Waals surface area contributed by atoms with Crippen LogP contribution in [-0.4, -0.2) is 66.8 Å². The summed E-state index contributed by atoms with van der Waals surface area (Å²) in [6, 6.07) is 0. The molecule has 0 radical (unpaired) electrons. The zero-order chi connectivity index (χ0) is 9.84. The van der Waals surface area contributed by atoms with Crippen molar-refractivity contribution >= 4 is 11.8 Å². The topological polar surface area (TPSA) is 52.8 Å². The van der Waals surface area contributed by atoms with Crippen molar-refractivity contribution < 1.29 is 19.2 Å². The van der Waals surface area contributed by atoms with Gasteiger partial charge in [0.1, 0.15) is 19.6 Å². The summed E-state index contributed by atoms with van der Waals surface area (Å²) in [5.74, 6) is -0.492. The summed E-state index contributed by atoms with van der Waals surface area (Å²) in [5.41, 5.74) is 0. The molecule has 0 aliphatic carbocycles. The van der Waals surface area contributed by atoms with Crippen LogP contribution in [0.25, 0.3) is 0 Å². The number of aliphatic carboxylic acids is 1. The van der Waals surface area contributed by atoms with Crippen molar-refractivity contribution in [2.45, 2.75) is 0 Å². The zero-order valence-electron chi connectivity index (χ0n) is 7.99. The summed E-state index contributed by atoms with van der Waals surface area (Å²) in [5, 5.41) is 8.89. The second-order valence-electron chi connectivity index (χ2n) is 3.03. The van der Waals surface area contributed by atoms with Crippen LogP contribution in [0.1, 0.15) is 0 Å². The molecule has 1 heterocycles. The lowest BCUT2D eigenvalue weighted by Crippen LogP contribution is -2.37. The summed E-state index contributed by atoms with van der Waals surface area (Å²) in [4.78, 5) is 12.6. The molecule has 1 aliphatic heterocycles. The van der Waals surface area contributed by atoms with Crippen LogP contribution in [0.5, 0.6) is 0 Å². The zero-order valence-corrected chi connectivity index (χ0v) is 7.99. The minimum absolute atomic E-state index is 0.372. The van der Waals surface area contributed by atoms with E-state index in [1.807, 2.05) is 4.90 Å². The van der Waals surface area contributed by atoms with E-state index in [2.05, 4.69) is 0 Å². The molecule has 74 valence electrons. The molecule has 0 atom stereocenters. The highest BCUT2D eigenvalue weighted by atomic mass is 16.5. The molecule has 0 aromatic rings. The summed E-state index contributed by atoms with van der Waals surface area (Å²) in [6.45, 7) is 2.74. The van der Waals surface area contributed by atoms with Gasteiger partial charge in [0.15, 0.2) is 0 Å². The number of carbonyl (C=O) groups is 1. The van der Waals surface area contributed by atoms with E-state index < -0.39 is 5.97 Å². The van der Waals surface area contributed by atoms with Crippen molar-refractivity contribution in [1.82, 2.24) is 4.90 Å². The highest BCUT2D eigenvalue weighted by Gasteiger charge is 2.33. The minimum Gasteiger partial charge on any atom is -0.472 e. The summed E-state index contributed by atoms with van der Waals surface area (Å²) in [7, 11) is 3.40. The number of hydrogen-bond donors (Lipinski definition) is 1. The lowest BCUT2D eigenvalue weighted by atomic mass is 10.4. The van der Waals surface area contributed by atoms with E-state index in [0.29, 0.717) is 19.0 Å². The molecule has 0 bridgehead atoms. The molecule has 5 heteroatoms. The quantitative estimate of drug-likeness (QED) is 0.578. The maximum Gasteiger partial charge on any atom is 0.418 e. The molecule has 0 aromatic heterocycles. The number of methoxy groups -OCH3 is 1. The Bertz CT molecular complexity index is 238. The van der Waals surface area contributed by atoms with Crippen LogP contribution in [0.4, 0.5) is 0 Å². The number of nitrogens with zero attached hydrogens (tertiary/aromatic N) is 2. The number of carboxylic acids is 1. The van der Waals surface area contributed by atoms with Crippen LogP contribution < -0.4 is 0 Å². The van der Waals surface area contributed by atoms with Crippen molar-refractivity contribution in [3.63, 3.8) is 0 Å². The van der Waals surface area contributed by atoms with Crippen LogP contribution in [0, 0.1) is 0 Å². The Morgan fingerprint density at radius 3 is 3.00 bits per heavy atom. The maximum absolute atomic E-state index is 10.8. The van der Waals surface area contributed by atoms with Gasteiger partial charge in [-0.05, 0) is 0 Å². The Kier molecular flexibility index (Phi) is 3.25. The SMILES string of the molecule is COCCN1CC[N+](C)=C1C(=O)O. The number of carboxylic acid groups (broad SMARTS) is 1. The molecular formula is C8H15N2O3+. The van der Waals surface area contributed by atoms with Crippen molar-refractivity contribution in [3.8, 4) is 0 Å². The van der Waals surface area contributed by atoms with E-state index in [4.69, 9.17) is 9.84 Å². The molecule has 0 aromatic carbocycles. The Hall–Kier alpha value is -1.10. The smallest absolute Gasteiger partial charge is 0.418 e. The molecule has 0 spiro atoms. The van der Waals surface area contributed by atoms with E-state index in [-0.39, 0.29) is 0 Å². The Morgan fingerprint density at radius 2 is 2.46 bits per heavy atom. The van der Waals surface area contributed by atoms with Crippen LogP contribution >= 0.6 is 0 Å². The minimum atomic E-state index is -0.865. The van der Waals surface area contributed by atoms with E-state index in [1.165, 1.54) is 0 Å². The Labute approximate surface area is 77.2 Å². The van der Waals surface area contributed by atoms with Crippen molar-refractivity contribution in [3.05, 3.63) is 0 Å². The van der Waals surface area contributed by atoms with Crippen LogP contribution in [-0.2, 0) is 9.53 Å². The molecule has 0 saturated carbocycles. The van der Waals surface area contributed by atoms with E-state index in [1.54, 1.807) is 18.7 Å². The van der Waals surface area contributed by atoms with Crippen molar-refractivity contribution in [2.24, 2.45) is 0 Å². The highest BCUT2D eigenvalue weighted by molar-refractivity contribution is 6.32. The molecule has 0 saturated heterocycles. The number of likely N-dealkylation sites (N-methyl/N-ethyl adjacent to an activating group) is 1. The highest BCUT2D eigenvalue weighted by Crippen LogP contribution is 2.00. The Morgan fingerprint density at radius 1 is 1.77 bits per heavy atom. The molecular weight excluding hydrogens is 172 g/mol. The second-order valence-corrected chi connectivity index (χ2v) is 3.03. The predicted molar refractivity (Wildman–Crippen MR) is 47.1 cm³/mol. The van der Waals surface area contributed by atoms with Crippen LogP contribution in [0.3, 0.4) is 0 Å². The third-order valence-electron chi connectivity index (χ3n) is 2.12. The predicted octanol–water partition coefficient (Wildman–Crippen LogP) is -0.926. The van der Waals surface area contributed by atoms with Gasteiger partial charge >= 0.3 is 11.8 Å². The fourth-order valence-electron chi connectivity index (χ4n) is 1.44. The summed E-state index contributed by atoms with van der Waals surface area (Å²) < 4.78 is 6.65. The third kappa shape index (κ3) is 2.18. The number of ether oxygens (including phenoxy) is 1. The van der Waals surface area contributed by atoms with Gasteiger partial charge in [0.2, 0.25) is 0 Å². The molecule has 1 rings (SSSR count). The number of rotatable bonds is 4. The van der Waals surface area contributed by atoms with Gasteiger partial charge in [-0.1, -0.05) is 0 Å². The normalized spacial score (nSPS) is 16.9. The molecule has 0 fully saturated rings. The van der Waals surface area contributed by atoms with E-state index >= 15 is 0 Å². The van der Waals surface area contributed by atoms with Crippen LogP contribution in [0.2, 0.25) is 0 Å². The monoisotopic (exact) mass is 187 g/mol. The average Bonchev–Trinajstić information content (AvgIpc) is 2.43. The van der Waals surface area contributed by atoms with E-state index in [0.717, 1.165) is 13.1 Å². The lowest BCUT2D eigenvalue weighted by molar-refractivity contribution is -0.486. The van der Waals surface area contributed by atoms with Crippen LogP contribution in [0.15, 0.2) is 0 Å². The van der Waals surface area contributed by atoms with Crippen molar-refractivity contribution in [2.75, 3.05) is 40.4 Å². The molecule has 1 N–H and O–H groups in total. The standard InChI is InChI=1S/C8H14N2O3/c1-9-3-4-10(5-6-13-2)7(9)8(11)12/h3-6H2,1-2H3/p+1. The first-order valence-electron chi connectivity index (χ1n) is 4.22. The van der Waals surface area contributed by atoms with Gasteiger partial charge in [0, 0.05) is 7.11 Å². The fourth-order valence-corrected chi connectivity index (χ4v) is 1.44. The van der Waals surface area contributed by atoms with Gasteiger partial charge in [-0.25, -0.2) is 9.69 Å². The lowest BCUT2D eigenvalue weighted by Gasteiger charge is -2.08. The molecule has 13 heavy (non-hydrogen) atoms. The molecule has 5 nitrogen and oxygen atoms in total. The molecule has 0 amide bonds. The number of hydrogen-bond acceptors (Lipinski definition) is 3. The van der Waals surface area contributed by atoms with Gasteiger partial charge in [0.05, 0.1) is 13.7 Å². The van der Waals surface area contributed by atoms with Gasteiger partial charge < -0.3 is 9.84 Å². The first-order valence-corrected chi connectivity index (χ1v) is 4.22. The van der Waals surface area contributed by atoms with Gasteiger partial charge in [-0.3, -0.25) is 4.58 Å². The largest absolute Gasteiger partial charge is 0.472 e. The second kappa shape index (κ2) is 4.23. The first kappa shape index (κ1) is 9.98. The first-order chi connectivity index (χ1) is 6.16. The Balaban J connectivity index is 2.62. The summed E-state index contributed by atoms with van der Waals surface area (Å²) >= 11 is 0. The third-order valence-corrected chi connectivity index (χ3v) is 2.12. The van der Waals surface area contributed by atoms with Crippen molar-refractivity contribution in [1.29, 1.82) is 0 Å². The number of amidine groups is 1. The molecule has 1 aliphatic rings. The average molecular weight is 187 g/mol. The molecule has 0 unspecified atom stereocenters. The maximum atomic E-state index is 10.8.